The molecule has 0 aliphatic carbocycles. The quantitative estimate of drug-likeness (QED) is 0.832. The number of pyridine rings is 1. The molecule has 1 rings (SSSR count). The number of aromatic nitrogens is 1. The molecule has 0 saturated heterocycles. The Morgan fingerprint density at radius 2 is 2.20 bits per heavy atom. The Hall–Kier alpha value is -1.24. The molecule has 7 heteroatoms. The van der Waals surface area contributed by atoms with E-state index in [1.54, 1.807) is 0 Å². The monoisotopic (exact) mass is 281 g/mol. The van der Waals surface area contributed by atoms with E-state index in [0.29, 0.717) is 0 Å². The van der Waals surface area contributed by atoms with Crippen LogP contribution < -0.4 is 5.56 Å². The molecule has 0 aliphatic rings. The van der Waals surface area contributed by atoms with Crippen molar-refractivity contribution in [2.75, 3.05) is 0 Å². The third kappa shape index (κ3) is 2.41. The zero-order valence-electron chi connectivity index (χ0n) is 7.26. The van der Waals surface area contributed by atoms with Crippen LogP contribution in [0.5, 0.6) is 0 Å². The molecule has 0 unspecified atom stereocenters. The van der Waals surface area contributed by atoms with Crippen LogP contribution in [0.25, 0.3) is 0 Å². The molecule has 0 amide bonds. The highest BCUT2D eigenvalue weighted by Crippen LogP contribution is 2.21. The lowest BCUT2D eigenvalue weighted by Gasteiger charge is -2.05. The minimum absolute atomic E-state index is 0.169. The summed E-state index contributed by atoms with van der Waals surface area (Å²) in [6.45, 7) is 0. The number of halogens is 3. The maximum absolute atomic E-state index is 12.5. The minimum Gasteiger partial charge on any atom is -0.477 e. The molecule has 15 heavy (non-hydrogen) atoms. The van der Waals surface area contributed by atoms with Crippen molar-refractivity contribution in [1.82, 2.24) is 4.98 Å². The second kappa shape index (κ2) is 4.52. The molecule has 0 atom stereocenters. The Bertz CT molecular complexity index is 444. The van der Waals surface area contributed by atoms with Gasteiger partial charge in [0, 0.05) is 16.6 Å². The highest BCUT2D eigenvalue weighted by atomic mass is 79.9. The van der Waals surface area contributed by atoms with Gasteiger partial charge < -0.3 is 10.1 Å². The van der Waals surface area contributed by atoms with Crippen molar-refractivity contribution in [3.63, 3.8) is 0 Å². The van der Waals surface area contributed by atoms with Crippen LogP contribution in [0, 0.1) is 0 Å². The summed E-state index contributed by atoms with van der Waals surface area (Å²) in [6.07, 6.45) is -2.99. The summed E-state index contributed by atoms with van der Waals surface area (Å²) in [5, 5.41) is 8.76. The predicted molar refractivity (Wildman–Crippen MR) is 51.6 cm³/mol. The first-order chi connectivity index (χ1) is 6.97. The average molecular weight is 282 g/mol. The average Bonchev–Trinajstić information content (AvgIpc) is 2.15. The molecule has 0 spiro atoms. The van der Waals surface area contributed by atoms with Gasteiger partial charge in [0.05, 0.1) is 0 Å². The Kier molecular flexibility index (Phi) is 3.57. The number of aromatic carboxylic acids is 1. The summed E-state index contributed by atoms with van der Waals surface area (Å²) in [5.74, 6) is -1.66. The predicted octanol–water partition coefficient (Wildman–Crippen LogP) is 1.91. The van der Waals surface area contributed by atoms with Gasteiger partial charge in [0.2, 0.25) is 0 Å². The number of hydrogen-bond acceptors (Lipinski definition) is 2. The van der Waals surface area contributed by atoms with Crippen molar-refractivity contribution in [3.05, 3.63) is 33.2 Å². The second-order valence-electron chi connectivity index (χ2n) is 2.69. The van der Waals surface area contributed by atoms with E-state index in [1.165, 1.54) is 0 Å². The molecule has 0 radical (unpaired) electrons. The van der Waals surface area contributed by atoms with Gasteiger partial charge in [-0.2, -0.15) is 0 Å². The van der Waals surface area contributed by atoms with Crippen molar-refractivity contribution in [2.45, 2.75) is 11.8 Å². The molecule has 0 aliphatic heterocycles. The first kappa shape index (κ1) is 11.8. The maximum Gasteiger partial charge on any atom is 0.341 e. The van der Waals surface area contributed by atoms with E-state index >= 15 is 0 Å². The van der Waals surface area contributed by atoms with Gasteiger partial charge in [-0.1, -0.05) is 15.9 Å². The normalized spacial score (nSPS) is 10.7. The van der Waals surface area contributed by atoms with Crippen LogP contribution in [-0.2, 0) is 5.33 Å². The fourth-order valence-corrected chi connectivity index (χ4v) is 1.40. The van der Waals surface area contributed by atoms with Crippen molar-refractivity contribution in [2.24, 2.45) is 0 Å². The van der Waals surface area contributed by atoms with Crippen molar-refractivity contribution >= 4 is 21.9 Å². The summed E-state index contributed by atoms with van der Waals surface area (Å²) >= 11 is 2.97. The first-order valence-electron chi connectivity index (χ1n) is 3.81. The van der Waals surface area contributed by atoms with E-state index in [4.69, 9.17) is 5.11 Å². The lowest BCUT2D eigenvalue weighted by atomic mass is 10.1. The van der Waals surface area contributed by atoms with Crippen LogP contribution in [0.2, 0.25) is 0 Å². The number of carbonyl (C=O) groups is 1. The molecule has 0 bridgehead atoms. The van der Waals surface area contributed by atoms with Gasteiger partial charge in [-0.15, -0.1) is 0 Å². The Labute approximate surface area is 91.1 Å². The Morgan fingerprint density at radius 3 is 2.60 bits per heavy atom. The third-order valence-electron chi connectivity index (χ3n) is 1.71. The summed E-state index contributed by atoms with van der Waals surface area (Å²) < 4.78 is 24.9. The highest BCUT2D eigenvalue weighted by Gasteiger charge is 2.22. The van der Waals surface area contributed by atoms with Crippen LogP contribution in [0.1, 0.15) is 28.0 Å². The van der Waals surface area contributed by atoms with E-state index in [0.717, 1.165) is 6.07 Å². The Balaban J connectivity index is 3.50. The molecule has 82 valence electrons. The van der Waals surface area contributed by atoms with Crippen LogP contribution >= 0.6 is 15.9 Å². The SMILES string of the molecule is O=C(O)c1c(C(F)F)cc(CBr)[nH]c1=O. The van der Waals surface area contributed by atoms with Crippen molar-refractivity contribution < 1.29 is 18.7 Å². The molecule has 0 fully saturated rings. The van der Waals surface area contributed by atoms with Gasteiger partial charge in [-0.05, 0) is 6.07 Å². The van der Waals surface area contributed by atoms with Gasteiger partial charge in [-0.3, -0.25) is 4.79 Å². The standard InChI is InChI=1S/C8H6BrF2NO3/c9-2-3-1-4(6(10)11)5(8(14)15)7(13)12-3/h1,6H,2H2,(H,12,13)(H,14,15). The number of carboxylic acid groups (broad SMARTS) is 1. The fourth-order valence-electron chi connectivity index (χ4n) is 1.10. The third-order valence-corrected chi connectivity index (χ3v) is 2.32. The van der Waals surface area contributed by atoms with Gasteiger partial charge in [0.1, 0.15) is 5.56 Å². The number of carboxylic acids is 1. The first-order valence-corrected chi connectivity index (χ1v) is 4.93. The number of hydrogen-bond donors (Lipinski definition) is 2. The maximum atomic E-state index is 12.5. The lowest BCUT2D eigenvalue weighted by Crippen LogP contribution is -2.21. The molecule has 2 N–H and O–H groups in total. The zero-order valence-corrected chi connectivity index (χ0v) is 8.85. The van der Waals surface area contributed by atoms with Crippen molar-refractivity contribution in [1.29, 1.82) is 0 Å². The van der Waals surface area contributed by atoms with E-state index in [9.17, 15) is 18.4 Å². The zero-order chi connectivity index (χ0) is 11.6. The van der Waals surface area contributed by atoms with Crippen LogP contribution in [0.15, 0.2) is 10.9 Å². The molecule has 1 aromatic rings. The van der Waals surface area contributed by atoms with E-state index < -0.39 is 29.1 Å². The summed E-state index contributed by atoms with van der Waals surface area (Å²) in [4.78, 5) is 23.9. The molecular weight excluding hydrogens is 276 g/mol. The van der Waals surface area contributed by atoms with E-state index in [-0.39, 0.29) is 11.0 Å². The number of H-pyrrole nitrogens is 1. The van der Waals surface area contributed by atoms with Gasteiger partial charge in [0.25, 0.3) is 12.0 Å². The lowest BCUT2D eigenvalue weighted by molar-refractivity contribution is 0.0682. The van der Waals surface area contributed by atoms with Crippen LogP contribution in [-0.4, -0.2) is 16.1 Å². The van der Waals surface area contributed by atoms with Crippen LogP contribution in [0.3, 0.4) is 0 Å². The fraction of sp³-hybridized carbons (Fsp3) is 0.250. The summed E-state index contributed by atoms with van der Waals surface area (Å²) in [7, 11) is 0. The smallest absolute Gasteiger partial charge is 0.341 e. The highest BCUT2D eigenvalue weighted by molar-refractivity contribution is 9.08. The van der Waals surface area contributed by atoms with Crippen LogP contribution in [0.4, 0.5) is 8.78 Å². The van der Waals surface area contributed by atoms with Crippen molar-refractivity contribution in [3.8, 4) is 0 Å². The van der Waals surface area contributed by atoms with Gasteiger partial charge in [0.15, 0.2) is 0 Å². The van der Waals surface area contributed by atoms with Gasteiger partial charge >= 0.3 is 5.97 Å². The largest absolute Gasteiger partial charge is 0.477 e. The Morgan fingerprint density at radius 1 is 1.60 bits per heavy atom. The summed E-state index contributed by atoms with van der Waals surface area (Å²) in [5.41, 5.74) is -2.48. The molecule has 4 nitrogen and oxygen atoms in total. The molecular formula is C8H6BrF2NO3. The van der Waals surface area contributed by atoms with Gasteiger partial charge in [-0.25, -0.2) is 13.6 Å². The number of aromatic amines is 1. The molecule has 1 aromatic heterocycles. The second-order valence-corrected chi connectivity index (χ2v) is 3.25. The molecule has 0 saturated carbocycles. The summed E-state index contributed by atoms with van der Waals surface area (Å²) in [6, 6.07) is 0.963. The number of nitrogens with one attached hydrogen (secondary N) is 1. The topological polar surface area (TPSA) is 70.2 Å². The van der Waals surface area contributed by atoms with E-state index in [2.05, 4.69) is 20.9 Å². The van der Waals surface area contributed by atoms with E-state index in [1.807, 2.05) is 0 Å². The minimum atomic E-state index is -2.99. The molecule has 0 aromatic carbocycles. The number of alkyl halides is 3. The number of rotatable bonds is 3. The molecule has 1 heterocycles.